The van der Waals surface area contributed by atoms with Crippen LogP contribution in [-0.4, -0.2) is 43.8 Å². The van der Waals surface area contributed by atoms with Gasteiger partial charge in [0.15, 0.2) is 0 Å². The second kappa shape index (κ2) is 14.1. The molecule has 2 amide bonds. The zero-order valence-electron chi connectivity index (χ0n) is 23.5. The lowest BCUT2D eigenvalue weighted by atomic mass is 10.1. The van der Waals surface area contributed by atoms with Gasteiger partial charge in [-0.1, -0.05) is 78.3 Å². The normalized spacial score (nSPS) is 14.4. The van der Waals surface area contributed by atoms with Gasteiger partial charge >= 0.3 is 0 Å². The zero-order valence-corrected chi connectivity index (χ0v) is 26.6. The molecular formula is C31H34Cl3N3O4S. The molecule has 1 fully saturated rings. The van der Waals surface area contributed by atoms with E-state index >= 15 is 0 Å². The predicted molar refractivity (Wildman–Crippen MR) is 169 cm³/mol. The summed E-state index contributed by atoms with van der Waals surface area (Å²) in [7, 11) is -4.17. The molecule has 11 heteroatoms. The molecule has 0 aromatic heterocycles. The Balaban J connectivity index is 1.73. The van der Waals surface area contributed by atoms with Crippen molar-refractivity contribution < 1.29 is 18.0 Å². The van der Waals surface area contributed by atoms with Crippen LogP contribution >= 0.6 is 34.8 Å². The van der Waals surface area contributed by atoms with E-state index in [1.807, 2.05) is 13.8 Å². The second-order valence-electron chi connectivity index (χ2n) is 10.5. The Kier molecular flexibility index (Phi) is 10.8. The Hall–Kier alpha value is -2.78. The average molecular weight is 651 g/mol. The van der Waals surface area contributed by atoms with Crippen LogP contribution in [0.15, 0.2) is 71.6 Å². The van der Waals surface area contributed by atoms with Gasteiger partial charge in [0.1, 0.15) is 12.6 Å². The summed E-state index contributed by atoms with van der Waals surface area (Å²) in [6.45, 7) is 3.13. The molecule has 1 saturated carbocycles. The van der Waals surface area contributed by atoms with E-state index in [-0.39, 0.29) is 29.1 Å². The highest BCUT2D eigenvalue weighted by Gasteiger charge is 2.34. The molecule has 1 aliphatic rings. The van der Waals surface area contributed by atoms with Crippen molar-refractivity contribution in [2.75, 3.05) is 10.8 Å². The first kappa shape index (κ1) is 32.1. The van der Waals surface area contributed by atoms with E-state index in [1.165, 1.54) is 17.0 Å². The highest BCUT2D eigenvalue weighted by Crippen LogP contribution is 2.28. The van der Waals surface area contributed by atoms with Crippen LogP contribution in [0.4, 0.5) is 5.69 Å². The fourth-order valence-electron chi connectivity index (χ4n) is 5.09. The molecule has 1 aliphatic carbocycles. The molecule has 0 aliphatic heterocycles. The number of nitrogens with one attached hydrogen (secondary N) is 1. The first-order chi connectivity index (χ1) is 20.0. The first-order valence-electron chi connectivity index (χ1n) is 13.9. The van der Waals surface area contributed by atoms with E-state index < -0.39 is 28.5 Å². The number of halogens is 3. The van der Waals surface area contributed by atoms with Crippen molar-refractivity contribution in [1.29, 1.82) is 0 Å². The van der Waals surface area contributed by atoms with Crippen molar-refractivity contribution in [3.05, 3.63) is 92.9 Å². The number of amides is 2. The van der Waals surface area contributed by atoms with Crippen LogP contribution in [0.2, 0.25) is 15.1 Å². The minimum atomic E-state index is -4.17. The fraction of sp³-hybridized carbons (Fsp3) is 0.355. The number of hydrogen-bond donors (Lipinski definition) is 1. The molecule has 4 rings (SSSR count). The molecule has 1 atom stereocenters. The maximum Gasteiger partial charge on any atom is 0.264 e. The quantitative estimate of drug-likeness (QED) is 0.242. The Bertz CT molecular complexity index is 1510. The molecule has 0 radical (unpaired) electrons. The van der Waals surface area contributed by atoms with Gasteiger partial charge in [-0.25, -0.2) is 8.42 Å². The summed E-state index contributed by atoms with van der Waals surface area (Å²) >= 11 is 18.7. The largest absolute Gasteiger partial charge is 0.352 e. The third-order valence-electron chi connectivity index (χ3n) is 7.45. The van der Waals surface area contributed by atoms with Crippen molar-refractivity contribution in [1.82, 2.24) is 10.2 Å². The van der Waals surface area contributed by atoms with Crippen molar-refractivity contribution in [3.8, 4) is 0 Å². The van der Waals surface area contributed by atoms with Crippen LogP contribution in [0, 0.1) is 6.92 Å². The number of carbonyl (C=O) groups excluding carboxylic acids is 2. The first-order valence-corrected chi connectivity index (χ1v) is 16.5. The average Bonchev–Trinajstić information content (AvgIpc) is 3.46. The molecular weight excluding hydrogens is 617 g/mol. The highest BCUT2D eigenvalue weighted by molar-refractivity contribution is 7.92. The third-order valence-corrected chi connectivity index (χ3v) is 10.1. The van der Waals surface area contributed by atoms with Gasteiger partial charge < -0.3 is 10.2 Å². The van der Waals surface area contributed by atoms with E-state index in [9.17, 15) is 18.0 Å². The summed E-state index contributed by atoms with van der Waals surface area (Å²) in [6, 6.07) is 16.8. The Labute approximate surface area is 262 Å². The molecule has 3 aromatic rings. The SMILES string of the molecule is CC[C@H](C(=O)NC1CCCC1)N(Cc1ccc(Cl)cc1Cl)C(=O)CN(c1ccc(Cl)cc1)S(=O)(=O)c1ccc(C)cc1. The Morgan fingerprint density at radius 2 is 1.55 bits per heavy atom. The summed E-state index contributed by atoms with van der Waals surface area (Å²) in [4.78, 5) is 29.2. The number of rotatable bonds is 11. The van der Waals surface area contributed by atoms with Crippen LogP contribution in [0.5, 0.6) is 0 Å². The Morgan fingerprint density at radius 3 is 2.14 bits per heavy atom. The molecule has 1 N–H and O–H groups in total. The van der Waals surface area contributed by atoms with Gasteiger partial charge in [-0.2, -0.15) is 0 Å². The van der Waals surface area contributed by atoms with E-state index in [0.29, 0.717) is 27.1 Å². The molecule has 0 spiro atoms. The number of aryl methyl sites for hydroxylation is 1. The number of benzene rings is 3. The van der Waals surface area contributed by atoms with Gasteiger partial charge in [-0.3, -0.25) is 13.9 Å². The summed E-state index contributed by atoms with van der Waals surface area (Å²) in [6.07, 6.45) is 4.17. The summed E-state index contributed by atoms with van der Waals surface area (Å²) < 4.78 is 28.9. The molecule has 3 aromatic carbocycles. The monoisotopic (exact) mass is 649 g/mol. The molecule has 224 valence electrons. The van der Waals surface area contributed by atoms with Crippen LogP contribution in [-0.2, 0) is 26.2 Å². The smallest absolute Gasteiger partial charge is 0.264 e. The third kappa shape index (κ3) is 7.78. The van der Waals surface area contributed by atoms with E-state index in [1.54, 1.807) is 54.6 Å². The highest BCUT2D eigenvalue weighted by atomic mass is 35.5. The van der Waals surface area contributed by atoms with Crippen LogP contribution in [0.3, 0.4) is 0 Å². The standard InChI is InChI=1S/C31H34Cl3N3O4S/c1-3-29(31(39)35-25-6-4-5-7-25)36(19-22-10-11-24(33)18-28(22)34)30(38)20-37(26-14-12-23(32)13-15-26)42(40,41)27-16-8-21(2)9-17-27/h8-18,25,29H,3-7,19-20H2,1-2H3,(H,35,39)/t29-/m1/s1. The Morgan fingerprint density at radius 1 is 0.929 bits per heavy atom. The van der Waals surface area contributed by atoms with Crippen LogP contribution < -0.4 is 9.62 Å². The lowest BCUT2D eigenvalue weighted by molar-refractivity contribution is -0.140. The molecule has 7 nitrogen and oxygen atoms in total. The van der Waals surface area contributed by atoms with Crippen LogP contribution in [0.25, 0.3) is 0 Å². The lowest BCUT2D eigenvalue weighted by Gasteiger charge is -2.34. The van der Waals surface area contributed by atoms with Gasteiger partial charge in [0, 0.05) is 27.7 Å². The maximum absolute atomic E-state index is 14.2. The fourth-order valence-corrected chi connectivity index (χ4v) is 7.10. The number of hydrogen-bond acceptors (Lipinski definition) is 4. The van der Waals surface area contributed by atoms with Crippen molar-refractivity contribution in [2.45, 2.75) is 69.5 Å². The minimum Gasteiger partial charge on any atom is -0.352 e. The summed E-state index contributed by atoms with van der Waals surface area (Å²) in [5, 5.41) is 4.29. The summed E-state index contributed by atoms with van der Waals surface area (Å²) in [5.41, 5.74) is 1.75. The van der Waals surface area contributed by atoms with Gasteiger partial charge in [0.2, 0.25) is 11.8 Å². The molecule has 0 heterocycles. The van der Waals surface area contributed by atoms with Crippen molar-refractivity contribution in [3.63, 3.8) is 0 Å². The van der Waals surface area contributed by atoms with Crippen molar-refractivity contribution in [2.24, 2.45) is 0 Å². The molecule has 0 saturated heterocycles. The topological polar surface area (TPSA) is 86.8 Å². The second-order valence-corrected chi connectivity index (χ2v) is 13.6. The maximum atomic E-state index is 14.2. The molecule has 0 bridgehead atoms. The predicted octanol–water partition coefficient (Wildman–Crippen LogP) is 7.02. The van der Waals surface area contributed by atoms with E-state index in [2.05, 4.69) is 5.32 Å². The minimum absolute atomic E-state index is 0.00946. The van der Waals surface area contributed by atoms with Gasteiger partial charge in [-0.15, -0.1) is 0 Å². The van der Waals surface area contributed by atoms with E-state index in [4.69, 9.17) is 34.8 Å². The number of carbonyl (C=O) groups is 2. The van der Waals surface area contributed by atoms with Gasteiger partial charge in [-0.05, 0) is 80.3 Å². The number of sulfonamides is 1. The zero-order chi connectivity index (χ0) is 30.4. The number of nitrogens with zero attached hydrogens (tertiary/aromatic N) is 2. The van der Waals surface area contributed by atoms with Gasteiger partial charge in [0.05, 0.1) is 10.6 Å². The van der Waals surface area contributed by atoms with E-state index in [0.717, 1.165) is 35.6 Å². The molecule has 0 unspecified atom stereocenters. The van der Waals surface area contributed by atoms with Crippen LogP contribution in [0.1, 0.15) is 50.2 Å². The van der Waals surface area contributed by atoms with Crippen molar-refractivity contribution >= 4 is 62.3 Å². The summed E-state index contributed by atoms with van der Waals surface area (Å²) in [5.74, 6) is -0.831. The lowest BCUT2D eigenvalue weighted by Crippen LogP contribution is -2.53. The number of anilines is 1. The molecule has 42 heavy (non-hydrogen) atoms. The van der Waals surface area contributed by atoms with Gasteiger partial charge in [0.25, 0.3) is 10.0 Å².